The minimum atomic E-state index is 0.0943. The van der Waals surface area contributed by atoms with Crippen molar-refractivity contribution in [1.29, 1.82) is 0 Å². The Bertz CT molecular complexity index is 708. The molecule has 1 aromatic carbocycles. The van der Waals surface area contributed by atoms with Crippen molar-refractivity contribution in [2.24, 2.45) is 0 Å². The van der Waals surface area contributed by atoms with E-state index in [9.17, 15) is 5.11 Å². The van der Waals surface area contributed by atoms with Crippen molar-refractivity contribution in [2.75, 3.05) is 5.73 Å². The molecule has 0 saturated carbocycles. The largest absolute Gasteiger partial charge is 0.506 e. The first kappa shape index (κ1) is 11.2. The van der Waals surface area contributed by atoms with E-state index in [0.717, 1.165) is 5.56 Å². The van der Waals surface area contributed by atoms with E-state index in [2.05, 4.69) is 15.3 Å². The maximum atomic E-state index is 9.81. The summed E-state index contributed by atoms with van der Waals surface area (Å²) in [6.45, 7) is 0. The van der Waals surface area contributed by atoms with E-state index in [1.165, 1.54) is 4.68 Å². The molecule has 19 heavy (non-hydrogen) atoms. The van der Waals surface area contributed by atoms with Crippen LogP contribution in [-0.2, 0) is 0 Å². The van der Waals surface area contributed by atoms with Gasteiger partial charge in [0.05, 0.1) is 0 Å². The van der Waals surface area contributed by atoms with Crippen LogP contribution in [-0.4, -0.2) is 25.1 Å². The van der Waals surface area contributed by atoms with Gasteiger partial charge in [-0.05, 0) is 24.3 Å². The van der Waals surface area contributed by atoms with E-state index in [1.54, 1.807) is 42.7 Å². The molecule has 0 aliphatic rings. The molecule has 6 nitrogen and oxygen atoms in total. The minimum absolute atomic E-state index is 0.0943. The van der Waals surface area contributed by atoms with E-state index in [4.69, 9.17) is 5.73 Å². The minimum Gasteiger partial charge on any atom is -0.506 e. The summed E-state index contributed by atoms with van der Waals surface area (Å²) in [5, 5.41) is 17.8. The van der Waals surface area contributed by atoms with E-state index >= 15 is 0 Å². The monoisotopic (exact) mass is 253 g/mol. The van der Waals surface area contributed by atoms with E-state index in [1.807, 2.05) is 6.07 Å². The Balaban J connectivity index is 2.12. The van der Waals surface area contributed by atoms with Crippen LogP contribution in [0, 0.1) is 0 Å². The molecule has 0 amide bonds. The van der Waals surface area contributed by atoms with Crippen LogP contribution in [0.5, 0.6) is 5.75 Å². The molecule has 0 atom stereocenters. The van der Waals surface area contributed by atoms with E-state index in [-0.39, 0.29) is 5.75 Å². The molecule has 0 aliphatic carbocycles. The first-order valence-corrected chi connectivity index (χ1v) is 5.67. The molecule has 0 unspecified atom stereocenters. The number of para-hydroxylation sites is 2. The number of benzene rings is 1. The van der Waals surface area contributed by atoms with Crippen LogP contribution in [0.1, 0.15) is 0 Å². The summed E-state index contributed by atoms with van der Waals surface area (Å²) in [7, 11) is 0. The van der Waals surface area contributed by atoms with Crippen molar-refractivity contribution >= 4 is 5.82 Å². The lowest BCUT2D eigenvalue weighted by molar-refractivity contribution is 0.470. The normalized spacial score (nSPS) is 10.5. The van der Waals surface area contributed by atoms with Gasteiger partial charge in [0.2, 0.25) is 0 Å². The summed E-state index contributed by atoms with van der Waals surface area (Å²) in [5.41, 5.74) is 7.84. The van der Waals surface area contributed by atoms with Gasteiger partial charge in [0.15, 0.2) is 5.82 Å². The number of hydrogen-bond acceptors (Lipinski definition) is 5. The van der Waals surface area contributed by atoms with Crippen LogP contribution >= 0.6 is 0 Å². The van der Waals surface area contributed by atoms with Crippen molar-refractivity contribution in [3.63, 3.8) is 0 Å². The average Bonchev–Trinajstić information content (AvgIpc) is 2.82. The molecular weight excluding hydrogens is 242 g/mol. The summed E-state index contributed by atoms with van der Waals surface area (Å²) in [5.74, 6) is 0.450. The quantitative estimate of drug-likeness (QED) is 0.724. The molecule has 94 valence electrons. The molecule has 3 aromatic rings. The lowest BCUT2D eigenvalue weighted by Crippen LogP contribution is -2.02. The third kappa shape index (κ3) is 1.89. The number of anilines is 1. The van der Waals surface area contributed by atoms with Crippen molar-refractivity contribution < 1.29 is 5.11 Å². The molecule has 0 saturated heterocycles. The molecule has 0 bridgehead atoms. The van der Waals surface area contributed by atoms with Gasteiger partial charge in [-0.15, -0.1) is 5.10 Å². The number of phenols is 1. The number of nitrogen functional groups attached to an aromatic ring is 1. The second-order valence-electron chi connectivity index (χ2n) is 3.97. The summed E-state index contributed by atoms with van der Waals surface area (Å²) < 4.78 is 1.40. The third-order valence-electron chi connectivity index (χ3n) is 2.75. The summed E-state index contributed by atoms with van der Waals surface area (Å²) in [4.78, 5) is 4.02. The van der Waals surface area contributed by atoms with Gasteiger partial charge in [-0.2, -0.15) is 4.68 Å². The number of rotatable bonds is 2. The molecule has 6 heteroatoms. The van der Waals surface area contributed by atoms with Crippen LogP contribution in [0.3, 0.4) is 0 Å². The first-order chi connectivity index (χ1) is 9.27. The Hall–Kier alpha value is -2.89. The van der Waals surface area contributed by atoms with E-state index in [0.29, 0.717) is 17.2 Å². The van der Waals surface area contributed by atoms with Crippen LogP contribution in [0.15, 0.2) is 48.8 Å². The Labute approximate surface area is 109 Å². The SMILES string of the molecule is Nc1c(-c2cccnc2)nnn1-c1ccccc1O. The first-order valence-electron chi connectivity index (χ1n) is 5.67. The van der Waals surface area contributed by atoms with Crippen LogP contribution in [0.25, 0.3) is 16.9 Å². The lowest BCUT2D eigenvalue weighted by Gasteiger charge is -2.05. The van der Waals surface area contributed by atoms with Crippen LogP contribution < -0.4 is 5.73 Å². The molecule has 2 heterocycles. The molecule has 3 N–H and O–H groups in total. The number of aromatic nitrogens is 4. The number of nitrogens with zero attached hydrogens (tertiary/aromatic N) is 4. The predicted molar refractivity (Wildman–Crippen MR) is 70.7 cm³/mol. The molecular formula is C13H11N5O. The second-order valence-corrected chi connectivity index (χ2v) is 3.97. The zero-order valence-corrected chi connectivity index (χ0v) is 9.93. The molecule has 0 spiro atoms. The molecule has 2 aromatic heterocycles. The van der Waals surface area contributed by atoms with Crippen LogP contribution in [0.2, 0.25) is 0 Å². The van der Waals surface area contributed by atoms with Gasteiger partial charge in [0.25, 0.3) is 0 Å². The standard InChI is InChI=1S/C13H11N5O/c14-13-12(9-4-3-7-15-8-9)16-17-18(13)10-5-1-2-6-11(10)19/h1-8,19H,14H2. The zero-order valence-electron chi connectivity index (χ0n) is 9.93. The maximum Gasteiger partial charge on any atom is 0.156 e. The number of pyridine rings is 1. The van der Waals surface area contributed by atoms with Crippen molar-refractivity contribution in [3.05, 3.63) is 48.8 Å². The molecule has 3 rings (SSSR count). The van der Waals surface area contributed by atoms with Crippen molar-refractivity contribution in [2.45, 2.75) is 0 Å². The number of phenolic OH excluding ortho intramolecular Hbond substituents is 1. The predicted octanol–water partition coefficient (Wildman–Crippen LogP) is 1.62. The molecule has 0 fully saturated rings. The summed E-state index contributed by atoms with van der Waals surface area (Å²) in [6, 6.07) is 10.5. The smallest absolute Gasteiger partial charge is 0.156 e. The summed E-state index contributed by atoms with van der Waals surface area (Å²) in [6.07, 6.45) is 3.34. The highest BCUT2D eigenvalue weighted by molar-refractivity contribution is 5.70. The van der Waals surface area contributed by atoms with Gasteiger partial charge < -0.3 is 10.8 Å². The lowest BCUT2D eigenvalue weighted by atomic mass is 10.2. The Morgan fingerprint density at radius 2 is 1.95 bits per heavy atom. The average molecular weight is 253 g/mol. The number of hydrogen-bond donors (Lipinski definition) is 2. The fourth-order valence-electron chi connectivity index (χ4n) is 1.82. The van der Waals surface area contributed by atoms with Crippen molar-refractivity contribution in [3.8, 4) is 22.7 Å². The van der Waals surface area contributed by atoms with E-state index < -0.39 is 0 Å². The highest BCUT2D eigenvalue weighted by Crippen LogP contribution is 2.27. The Kier molecular flexibility index (Phi) is 2.60. The highest BCUT2D eigenvalue weighted by Gasteiger charge is 2.14. The van der Waals surface area contributed by atoms with Crippen LogP contribution in [0.4, 0.5) is 5.82 Å². The van der Waals surface area contributed by atoms with Gasteiger partial charge in [-0.1, -0.05) is 17.3 Å². The molecule has 0 radical (unpaired) electrons. The molecule has 0 aliphatic heterocycles. The van der Waals surface area contributed by atoms with Gasteiger partial charge in [-0.3, -0.25) is 4.98 Å². The zero-order chi connectivity index (χ0) is 13.2. The number of aromatic hydroxyl groups is 1. The fourth-order valence-corrected chi connectivity index (χ4v) is 1.82. The maximum absolute atomic E-state index is 9.81. The van der Waals surface area contributed by atoms with Gasteiger partial charge in [0.1, 0.15) is 17.1 Å². The summed E-state index contributed by atoms with van der Waals surface area (Å²) >= 11 is 0. The van der Waals surface area contributed by atoms with Gasteiger partial charge >= 0.3 is 0 Å². The number of nitrogens with two attached hydrogens (primary N) is 1. The highest BCUT2D eigenvalue weighted by atomic mass is 16.3. The Morgan fingerprint density at radius 3 is 2.68 bits per heavy atom. The fraction of sp³-hybridized carbons (Fsp3) is 0. The third-order valence-corrected chi connectivity index (χ3v) is 2.75. The topological polar surface area (TPSA) is 89.9 Å². The Morgan fingerprint density at radius 1 is 1.11 bits per heavy atom. The van der Waals surface area contributed by atoms with Gasteiger partial charge in [-0.25, -0.2) is 0 Å². The van der Waals surface area contributed by atoms with Gasteiger partial charge in [0, 0.05) is 18.0 Å². The second kappa shape index (κ2) is 4.41. The van der Waals surface area contributed by atoms with Crippen molar-refractivity contribution in [1.82, 2.24) is 20.0 Å².